The van der Waals surface area contributed by atoms with Crippen molar-refractivity contribution in [3.63, 3.8) is 0 Å². The Hall–Kier alpha value is -3.79. The molecule has 0 bridgehead atoms. The van der Waals surface area contributed by atoms with Crippen LogP contribution in [-0.2, 0) is 47.0 Å². The van der Waals surface area contributed by atoms with Crippen LogP contribution in [0.2, 0.25) is 0 Å². The molecule has 0 amide bonds. The first-order chi connectivity index (χ1) is 22.2. The molecule has 0 spiro atoms. The molecule has 2 aliphatic rings. The molecule has 15 heteroatoms. The molecule has 4 aromatic rings. The van der Waals surface area contributed by atoms with Gasteiger partial charge in [-0.15, -0.1) is 0 Å². The number of aliphatic hydroxyl groups excluding tert-OH is 1. The van der Waals surface area contributed by atoms with E-state index < -0.39 is 27.9 Å². The number of para-hydroxylation sites is 2. The lowest BCUT2D eigenvalue weighted by Gasteiger charge is -2.33. The molecule has 0 saturated carbocycles. The highest BCUT2D eigenvalue weighted by atomic mass is 32.2. The average molecular weight is 675 g/mol. The fourth-order valence-electron chi connectivity index (χ4n) is 6.83. The zero-order valence-electron chi connectivity index (χ0n) is 26.2. The maximum Gasteiger partial charge on any atom is 0.416 e. The van der Waals surface area contributed by atoms with E-state index in [1.807, 2.05) is 24.3 Å². The molecular weight excluding hydrogens is 637 g/mol. The van der Waals surface area contributed by atoms with Crippen LogP contribution < -0.4 is 5.69 Å². The Kier molecular flexibility index (Phi) is 8.93. The van der Waals surface area contributed by atoms with Crippen LogP contribution >= 0.6 is 0 Å². The highest BCUT2D eigenvalue weighted by Gasteiger charge is 2.33. The van der Waals surface area contributed by atoms with Crippen molar-refractivity contribution >= 4 is 26.8 Å². The fraction of sp³-hybridized carbons (Fsp3) is 0.469. The van der Waals surface area contributed by atoms with E-state index in [4.69, 9.17) is 0 Å². The molecule has 11 nitrogen and oxygen atoms in total. The fourth-order valence-corrected chi connectivity index (χ4v) is 7.61. The quantitative estimate of drug-likeness (QED) is 0.289. The Balaban J connectivity index is 1.17. The second kappa shape index (κ2) is 12.7. The van der Waals surface area contributed by atoms with Crippen molar-refractivity contribution in [2.24, 2.45) is 0 Å². The van der Waals surface area contributed by atoms with Gasteiger partial charge in [0, 0.05) is 62.0 Å². The lowest BCUT2D eigenvalue weighted by atomic mass is 10.0. The predicted octanol–water partition coefficient (Wildman–Crippen LogP) is 3.29. The summed E-state index contributed by atoms with van der Waals surface area (Å²) in [5.74, 6) is -0.100. The first-order valence-electron chi connectivity index (χ1n) is 15.5. The van der Waals surface area contributed by atoms with E-state index in [9.17, 15) is 36.3 Å². The lowest BCUT2D eigenvalue weighted by Crippen LogP contribution is -2.42. The van der Waals surface area contributed by atoms with Crippen molar-refractivity contribution < 1.29 is 31.5 Å². The molecule has 1 unspecified atom stereocenters. The van der Waals surface area contributed by atoms with E-state index in [1.165, 1.54) is 27.9 Å². The van der Waals surface area contributed by atoms with Gasteiger partial charge in [-0.2, -0.15) is 22.6 Å². The maximum absolute atomic E-state index is 13.4. The Morgan fingerprint density at radius 3 is 2.30 bits per heavy atom. The Morgan fingerprint density at radius 1 is 1.02 bits per heavy atom. The maximum atomic E-state index is 13.4. The number of ketones is 1. The predicted molar refractivity (Wildman–Crippen MR) is 169 cm³/mol. The molecule has 0 radical (unpaired) electrons. The molecule has 0 aliphatic carbocycles. The molecule has 6 rings (SSSR count). The third kappa shape index (κ3) is 6.80. The Bertz CT molecular complexity index is 1960. The van der Waals surface area contributed by atoms with Crippen LogP contribution in [0, 0.1) is 0 Å². The topological polar surface area (TPSA) is 123 Å². The number of rotatable bonds is 9. The van der Waals surface area contributed by atoms with Crippen LogP contribution in [0.3, 0.4) is 0 Å². The number of likely N-dealkylation sites (tertiary alicyclic amines) is 1. The monoisotopic (exact) mass is 674 g/mol. The number of nitrogens with zero attached hydrogens (tertiary/aromatic N) is 6. The molecule has 2 aliphatic heterocycles. The molecule has 1 N–H and O–H groups in total. The number of piperidine rings is 1. The lowest BCUT2D eigenvalue weighted by molar-refractivity contribution is -0.137. The average Bonchev–Trinajstić information content (AvgIpc) is 3.50. The summed E-state index contributed by atoms with van der Waals surface area (Å²) in [6.45, 7) is 3.48. The number of hydrogen-bond donors (Lipinski definition) is 1. The largest absolute Gasteiger partial charge is 0.416 e. The van der Waals surface area contributed by atoms with Gasteiger partial charge in [0.2, 0.25) is 10.0 Å². The zero-order valence-corrected chi connectivity index (χ0v) is 27.0. The highest BCUT2D eigenvalue weighted by molar-refractivity contribution is 7.88. The molecule has 47 heavy (non-hydrogen) atoms. The van der Waals surface area contributed by atoms with Crippen LogP contribution in [0.15, 0.2) is 53.3 Å². The standard InChI is InChI=1S/C32H37F3N6O5S/c1-21(42)17-39-28-5-3-4-6-29(28)41(31(39)44)24-11-14-37(15-12-24)18-25(43)19-40-27-13-16-38(47(2,45)46)20-26(27)30(36-40)22-7-9-23(10-8-22)32(33,34)35/h3-10,24-25,43H,11-20H2,1-2H3. The number of carbonyl (C=O) groups excluding carboxylic acids is 1. The molecule has 1 atom stereocenters. The number of carbonyl (C=O) groups is 1. The molecule has 1 saturated heterocycles. The summed E-state index contributed by atoms with van der Waals surface area (Å²) >= 11 is 0. The number of aromatic nitrogens is 4. The van der Waals surface area contributed by atoms with E-state index in [0.29, 0.717) is 55.7 Å². The van der Waals surface area contributed by atoms with Gasteiger partial charge < -0.3 is 10.0 Å². The van der Waals surface area contributed by atoms with Gasteiger partial charge in [-0.1, -0.05) is 24.3 Å². The summed E-state index contributed by atoms with van der Waals surface area (Å²) < 4.78 is 70.5. The molecular formula is C32H37F3N6O5S. The number of benzene rings is 2. The SMILES string of the molecule is CC(=O)Cn1c(=O)n(C2CCN(CC(O)Cn3nc(-c4ccc(C(F)(F)F)cc4)c4c3CCN(S(C)(=O)=O)C4)CC2)c2ccccc21. The van der Waals surface area contributed by atoms with Gasteiger partial charge in [0.05, 0.1) is 47.7 Å². The summed E-state index contributed by atoms with van der Waals surface area (Å²) in [5.41, 5.74) is 2.70. The second-order valence-electron chi connectivity index (χ2n) is 12.5. The zero-order chi connectivity index (χ0) is 33.7. The number of hydrogen-bond acceptors (Lipinski definition) is 7. The van der Waals surface area contributed by atoms with E-state index in [0.717, 1.165) is 35.1 Å². The van der Waals surface area contributed by atoms with Gasteiger partial charge in [-0.25, -0.2) is 13.2 Å². The molecule has 2 aromatic heterocycles. The van der Waals surface area contributed by atoms with Crippen molar-refractivity contribution in [2.75, 3.05) is 32.4 Å². The number of imidazole rings is 1. The van der Waals surface area contributed by atoms with Crippen molar-refractivity contribution in [1.29, 1.82) is 0 Å². The number of alkyl halides is 3. The second-order valence-corrected chi connectivity index (χ2v) is 14.5. The van der Waals surface area contributed by atoms with Gasteiger partial charge in [0.1, 0.15) is 5.78 Å². The van der Waals surface area contributed by atoms with Crippen molar-refractivity contribution in [2.45, 2.75) is 64.1 Å². The third-order valence-electron chi connectivity index (χ3n) is 9.08. The molecule has 1 fully saturated rings. The van der Waals surface area contributed by atoms with E-state index >= 15 is 0 Å². The van der Waals surface area contributed by atoms with Crippen LogP contribution in [0.5, 0.6) is 0 Å². The number of fused-ring (bicyclic) bond motifs is 2. The van der Waals surface area contributed by atoms with Crippen molar-refractivity contribution in [3.8, 4) is 11.3 Å². The number of sulfonamides is 1. The van der Waals surface area contributed by atoms with Crippen LogP contribution in [0.4, 0.5) is 13.2 Å². The number of aliphatic hydroxyl groups is 1. The normalized spacial score (nSPS) is 17.7. The van der Waals surface area contributed by atoms with Gasteiger partial charge >= 0.3 is 11.9 Å². The molecule has 2 aromatic carbocycles. The van der Waals surface area contributed by atoms with Gasteiger partial charge in [0.25, 0.3) is 0 Å². The first-order valence-corrected chi connectivity index (χ1v) is 17.4. The smallest absolute Gasteiger partial charge is 0.390 e. The van der Waals surface area contributed by atoms with Crippen LogP contribution in [-0.4, -0.2) is 86.0 Å². The first kappa shape index (κ1) is 33.1. The van der Waals surface area contributed by atoms with Gasteiger partial charge in [-0.3, -0.25) is 18.6 Å². The van der Waals surface area contributed by atoms with E-state index in [-0.39, 0.29) is 43.7 Å². The van der Waals surface area contributed by atoms with Crippen LogP contribution in [0.25, 0.3) is 22.3 Å². The molecule has 4 heterocycles. The summed E-state index contributed by atoms with van der Waals surface area (Å²) in [6, 6.07) is 12.0. The number of β-amino-alcohol motifs (C(OH)–C–C–N with tert-alkyl or cyclic N) is 1. The molecule has 252 valence electrons. The van der Waals surface area contributed by atoms with Crippen molar-refractivity contribution in [3.05, 3.63) is 75.8 Å². The minimum atomic E-state index is -4.49. The van der Waals surface area contributed by atoms with Gasteiger partial charge in [0.15, 0.2) is 0 Å². The number of halogens is 3. The summed E-state index contributed by atoms with van der Waals surface area (Å²) in [7, 11) is -3.52. The Labute approximate surface area is 269 Å². The summed E-state index contributed by atoms with van der Waals surface area (Å²) in [4.78, 5) is 27.3. The highest BCUT2D eigenvalue weighted by Crippen LogP contribution is 2.34. The van der Waals surface area contributed by atoms with E-state index in [2.05, 4.69) is 10.00 Å². The summed E-state index contributed by atoms with van der Waals surface area (Å²) in [6.07, 6.45) is -2.50. The third-order valence-corrected chi connectivity index (χ3v) is 10.3. The minimum absolute atomic E-state index is 0.0153. The van der Waals surface area contributed by atoms with Crippen LogP contribution in [0.1, 0.15) is 42.6 Å². The minimum Gasteiger partial charge on any atom is -0.390 e. The number of Topliss-reactive ketones (excluding diaryl/α,β-unsaturated/α-hetero) is 1. The van der Waals surface area contributed by atoms with Crippen molar-refractivity contribution in [1.82, 2.24) is 28.1 Å². The van der Waals surface area contributed by atoms with Gasteiger partial charge in [-0.05, 0) is 44.0 Å². The summed E-state index contributed by atoms with van der Waals surface area (Å²) in [5, 5.41) is 15.9. The van der Waals surface area contributed by atoms with E-state index in [1.54, 1.807) is 9.25 Å². The Morgan fingerprint density at radius 2 is 1.68 bits per heavy atom.